The van der Waals surface area contributed by atoms with Gasteiger partial charge in [0.25, 0.3) is 5.91 Å². The third-order valence-corrected chi connectivity index (χ3v) is 5.28. The quantitative estimate of drug-likeness (QED) is 0.589. The summed E-state index contributed by atoms with van der Waals surface area (Å²) in [6, 6.07) is 8.82. The topological polar surface area (TPSA) is 69.7 Å². The molecule has 2 rings (SSSR count). The SMILES string of the molecule is CCCCN(CCCC)C(=O)CN1C(=O)N[C@](CCC)(c2ccccc2)C1=O. The minimum Gasteiger partial charge on any atom is -0.341 e. The average molecular weight is 388 g/mol. The number of hydrogen-bond acceptors (Lipinski definition) is 3. The second-order valence-corrected chi connectivity index (χ2v) is 7.43. The smallest absolute Gasteiger partial charge is 0.325 e. The molecular formula is C22H33N3O3. The maximum Gasteiger partial charge on any atom is 0.325 e. The zero-order chi connectivity index (χ0) is 20.6. The van der Waals surface area contributed by atoms with Crippen LogP contribution in [0.15, 0.2) is 30.3 Å². The number of carbonyl (C=O) groups is 3. The van der Waals surface area contributed by atoms with Gasteiger partial charge in [-0.1, -0.05) is 70.4 Å². The van der Waals surface area contributed by atoms with Gasteiger partial charge in [-0.05, 0) is 24.8 Å². The Bertz CT molecular complexity index is 669. The molecule has 1 atom stereocenters. The van der Waals surface area contributed by atoms with Gasteiger partial charge in [0.2, 0.25) is 5.91 Å². The minimum atomic E-state index is -1.08. The van der Waals surface area contributed by atoms with Gasteiger partial charge in [0, 0.05) is 13.1 Å². The van der Waals surface area contributed by atoms with Crippen molar-refractivity contribution >= 4 is 17.8 Å². The highest BCUT2D eigenvalue weighted by atomic mass is 16.2. The van der Waals surface area contributed by atoms with Crippen LogP contribution in [0.3, 0.4) is 0 Å². The van der Waals surface area contributed by atoms with E-state index in [1.165, 1.54) is 0 Å². The Morgan fingerprint density at radius 3 is 2.14 bits per heavy atom. The molecule has 0 bridgehead atoms. The fourth-order valence-electron chi connectivity index (χ4n) is 3.67. The molecule has 0 aromatic heterocycles. The van der Waals surface area contributed by atoms with E-state index in [2.05, 4.69) is 19.2 Å². The summed E-state index contributed by atoms with van der Waals surface area (Å²) < 4.78 is 0. The maximum atomic E-state index is 13.3. The maximum absolute atomic E-state index is 13.3. The van der Waals surface area contributed by atoms with Gasteiger partial charge >= 0.3 is 6.03 Å². The molecule has 1 aromatic rings. The van der Waals surface area contributed by atoms with Crippen molar-refractivity contribution in [3.8, 4) is 0 Å². The summed E-state index contributed by atoms with van der Waals surface area (Å²) in [4.78, 5) is 41.7. The van der Waals surface area contributed by atoms with Gasteiger partial charge in [0.15, 0.2) is 0 Å². The number of carbonyl (C=O) groups excluding carboxylic acids is 3. The molecule has 1 aliphatic rings. The number of urea groups is 1. The molecule has 1 aliphatic heterocycles. The molecule has 1 fully saturated rings. The first-order valence-corrected chi connectivity index (χ1v) is 10.5. The van der Waals surface area contributed by atoms with Crippen molar-refractivity contribution in [2.75, 3.05) is 19.6 Å². The molecule has 154 valence electrons. The van der Waals surface area contributed by atoms with E-state index in [-0.39, 0.29) is 18.4 Å². The molecule has 1 saturated heterocycles. The van der Waals surface area contributed by atoms with Crippen LogP contribution in [0.25, 0.3) is 0 Å². The predicted octanol–water partition coefficient (Wildman–Crippen LogP) is 3.66. The van der Waals surface area contributed by atoms with Crippen LogP contribution in [-0.2, 0) is 15.1 Å². The van der Waals surface area contributed by atoms with E-state index < -0.39 is 11.6 Å². The number of nitrogens with one attached hydrogen (secondary N) is 1. The van der Waals surface area contributed by atoms with E-state index >= 15 is 0 Å². The molecule has 0 spiro atoms. The summed E-state index contributed by atoms with van der Waals surface area (Å²) in [5.74, 6) is -0.490. The summed E-state index contributed by atoms with van der Waals surface area (Å²) in [5, 5.41) is 2.88. The van der Waals surface area contributed by atoms with E-state index in [4.69, 9.17) is 0 Å². The standard InChI is InChI=1S/C22H33N3O3/c1-4-7-15-24(16-8-5-2)19(26)17-25-20(27)22(14-6-3,23-21(25)28)18-12-10-9-11-13-18/h9-13H,4-8,14-17H2,1-3H3,(H,23,28)/t22-/m1/s1. The molecular weight excluding hydrogens is 354 g/mol. The molecule has 0 saturated carbocycles. The Balaban J connectivity index is 2.20. The van der Waals surface area contributed by atoms with Gasteiger partial charge in [-0.3, -0.25) is 14.5 Å². The number of unbranched alkanes of at least 4 members (excludes halogenated alkanes) is 2. The number of amides is 4. The Labute approximate surface area is 168 Å². The number of nitrogens with zero attached hydrogens (tertiary/aromatic N) is 2. The van der Waals surface area contributed by atoms with Gasteiger partial charge in [-0.2, -0.15) is 0 Å². The molecule has 4 amide bonds. The predicted molar refractivity (Wildman–Crippen MR) is 110 cm³/mol. The summed E-state index contributed by atoms with van der Waals surface area (Å²) >= 11 is 0. The average Bonchev–Trinajstić information content (AvgIpc) is 2.94. The van der Waals surface area contributed by atoms with Crippen molar-refractivity contribution in [1.82, 2.24) is 15.1 Å². The Hall–Kier alpha value is -2.37. The molecule has 1 aromatic carbocycles. The normalized spacial score (nSPS) is 19.0. The van der Waals surface area contributed by atoms with Gasteiger partial charge in [0.1, 0.15) is 12.1 Å². The Kier molecular flexibility index (Phi) is 8.03. The molecule has 28 heavy (non-hydrogen) atoms. The zero-order valence-electron chi connectivity index (χ0n) is 17.4. The molecule has 1 heterocycles. The molecule has 0 radical (unpaired) electrons. The van der Waals surface area contributed by atoms with Crippen LogP contribution in [0.1, 0.15) is 64.9 Å². The van der Waals surface area contributed by atoms with Crippen LogP contribution < -0.4 is 5.32 Å². The van der Waals surface area contributed by atoms with Crippen molar-refractivity contribution in [1.29, 1.82) is 0 Å². The third-order valence-electron chi connectivity index (χ3n) is 5.28. The lowest BCUT2D eigenvalue weighted by Gasteiger charge is -2.27. The monoisotopic (exact) mass is 387 g/mol. The zero-order valence-corrected chi connectivity index (χ0v) is 17.4. The van der Waals surface area contributed by atoms with Crippen LogP contribution >= 0.6 is 0 Å². The molecule has 1 N–H and O–H groups in total. The summed E-state index contributed by atoms with van der Waals surface area (Å²) in [6.07, 6.45) is 5.06. The van der Waals surface area contributed by atoms with Gasteiger partial charge in [-0.25, -0.2) is 4.79 Å². The number of imide groups is 1. The molecule has 0 aliphatic carbocycles. The molecule has 6 heteroatoms. The first-order chi connectivity index (χ1) is 13.5. The summed E-state index contributed by atoms with van der Waals surface area (Å²) in [5.41, 5.74) is -0.315. The lowest BCUT2D eigenvalue weighted by Crippen LogP contribution is -2.46. The van der Waals surface area contributed by atoms with Crippen molar-refractivity contribution < 1.29 is 14.4 Å². The second-order valence-electron chi connectivity index (χ2n) is 7.43. The van der Waals surface area contributed by atoms with Crippen LogP contribution in [0.4, 0.5) is 4.79 Å². The fourth-order valence-corrected chi connectivity index (χ4v) is 3.67. The largest absolute Gasteiger partial charge is 0.341 e. The minimum absolute atomic E-state index is 0.161. The molecule has 0 unspecified atom stereocenters. The van der Waals surface area contributed by atoms with Gasteiger partial charge < -0.3 is 10.2 Å². The number of rotatable bonds is 11. The van der Waals surface area contributed by atoms with E-state index in [9.17, 15) is 14.4 Å². The van der Waals surface area contributed by atoms with E-state index in [1.807, 2.05) is 37.3 Å². The van der Waals surface area contributed by atoms with Crippen molar-refractivity contribution in [2.45, 2.75) is 64.8 Å². The van der Waals surface area contributed by atoms with Crippen LogP contribution in [0.2, 0.25) is 0 Å². The van der Waals surface area contributed by atoms with Gasteiger partial charge in [0.05, 0.1) is 0 Å². The van der Waals surface area contributed by atoms with Crippen molar-refractivity contribution in [2.24, 2.45) is 0 Å². The van der Waals surface area contributed by atoms with E-state index in [1.54, 1.807) is 4.90 Å². The first-order valence-electron chi connectivity index (χ1n) is 10.5. The lowest BCUT2D eigenvalue weighted by molar-refractivity contribution is -0.139. The summed E-state index contributed by atoms with van der Waals surface area (Å²) in [6.45, 7) is 7.28. The summed E-state index contributed by atoms with van der Waals surface area (Å²) in [7, 11) is 0. The second kappa shape index (κ2) is 10.2. The number of hydrogen-bond donors (Lipinski definition) is 1. The lowest BCUT2D eigenvalue weighted by atomic mass is 9.85. The highest BCUT2D eigenvalue weighted by Crippen LogP contribution is 2.33. The van der Waals surface area contributed by atoms with E-state index in [0.29, 0.717) is 19.5 Å². The Morgan fingerprint density at radius 2 is 1.61 bits per heavy atom. The van der Waals surface area contributed by atoms with Crippen LogP contribution in [0.5, 0.6) is 0 Å². The Morgan fingerprint density at radius 1 is 1.00 bits per heavy atom. The number of benzene rings is 1. The van der Waals surface area contributed by atoms with Gasteiger partial charge in [-0.15, -0.1) is 0 Å². The van der Waals surface area contributed by atoms with Crippen molar-refractivity contribution in [3.63, 3.8) is 0 Å². The van der Waals surface area contributed by atoms with Crippen LogP contribution in [-0.4, -0.2) is 47.3 Å². The highest BCUT2D eigenvalue weighted by molar-refractivity contribution is 6.09. The van der Waals surface area contributed by atoms with Crippen molar-refractivity contribution in [3.05, 3.63) is 35.9 Å². The highest BCUT2D eigenvalue weighted by Gasteiger charge is 2.52. The first kappa shape index (κ1) is 21.9. The van der Waals surface area contributed by atoms with E-state index in [0.717, 1.165) is 42.6 Å². The van der Waals surface area contributed by atoms with Crippen LogP contribution in [0, 0.1) is 0 Å². The third kappa shape index (κ3) is 4.72. The fraction of sp³-hybridized carbons (Fsp3) is 0.591. The molecule has 6 nitrogen and oxygen atoms in total.